The Morgan fingerprint density at radius 1 is 1.10 bits per heavy atom. The van der Waals surface area contributed by atoms with Crippen molar-refractivity contribution in [3.8, 4) is 5.75 Å². The van der Waals surface area contributed by atoms with Crippen molar-refractivity contribution in [3.05, 3.63) is 64.7 Å². The van der Waals surface area contributed by atoms with Gasteiger partial charge in [-0.2, -0.15) is 0 Å². The number of nitrogens with zero attached hydrogens (tertiary/aromatic N) is 2. The minimum Gasteiger partial charge on any atom is -0.490 e. The van der Waals surface area contributed by atoms with E-state index in [-0.39, 0.29) is 43.0 Å². The fourth-order valence-electron chi connectivity index (χ4n) is 8.12. The highest BCUT2D eigenvalue weighted by Crippen LogP contribution is 2.47. The summed E-state index contributed by atoms with van der Waals surface area (Å²) in [6.45, 7) is 3.49. The molecule has 7 rings (SSSR count). The third kappa shape index (κ3) is 7.23. The second-order valence-electron chi connectivity index (χ2n) is 15.0. The maximum atomic E-state index is 13.9. The average Bonchev–Trinajstić information content (AvgIpc) is 3.33. The topological polar surface area (TPSA) is 114 Å². The fraction of sp³-hybridized carbons (Fsp3) is 0.568. The van der Waals surface area contributed by atoms with Crippen LogP contribution in [0.1, 0.15) is 50.7 Å². The van der Waals surface area contributed by atoms with Gasteiger partial charge in [-0.1, -0.05) is 29.8 Å². The van der Waals surface area contributed by atoms with Crippen molar-refractivity contribution < 1.29 is 41.0 Å². The monoisotopic (exact) mass is 747 g/mol. The second-order valence-corrected chi connectivity index (χ2v) is 17.1. The third-order valence-corrected chi connectivity index (χ3v) is 12.8. The summed E-state index contributed by atoms with van der Waals surface area (Å²) in [6, 6.07) is 10.7. The van der Waals surface area contributed by atoms with Gasteiger partial charge in [0.05, 0.1) is 43.0 Å². The lowest BCUT2D eigenvalue weighted by atomic mass is 9.68. The Hall–Kier alpha value is -3.26. The first-order valence-electron chi connectivity index (χ1n) is 17.6. The van der Waals surface area contributed by atoms with Gasteiger partial charge in [-0.15, -0.1) is 0 Å². The van der Waals surface area contributed by atoms with Crippen LogP contribution in [0.25, 0.3) is 0 Å². The third-order valence-electron chi connectivity index (χ3n) is 11.2. The van der Waals surface area contributed by atoms with Gasteiger partial charge < -0.3 is 24.0 Å². The molecule has 2 aliphatic carbocycles. The summed E-state index contributed by atoms with van der Waals surface area (Å²) in [5, 5.41) is 0.674. The van der Waals surface area contributed by atoms with Gasteiger partial charge in [0.25, 0.3) is 15.9 Å². The summed E-state index contributed by atoms with van der Waals surface area (Å²) in [4.78, 5) is 29.5. The molecule has 6 atom stereocenters. The molecule has 3 heterocycles. The van der Waals surface area contributed by atoms with Gasteiger partial charge in [-0.25, -0.2) is 21.9 Å². The second kappa shape index (κ2) is 13.9. The van der Waals surface area contributed by atoms with Crippen LogP contribution in [0.4, 0.5) is 14.5 Å². The van der Waals surface area contributed by atoms with Crippen LogP contribution in [0.15, 0.2) is 53.4 Å². The normalized spacial score (nSPS) is 31.5. The molecule has 0 unspecified atom stereocenters. The van der Waals surface area contributed by atoms with Gasteiger partial charge in [0.15, 0.2) is 12.3 Å². The number of aryl methyl sites for hydroxylation is 1. The largest absolute Gasteiger partial charge is 0.490 e. The molecule has 1 N–H and O–H groups in total. The van der Waals surface area contributed by atoms with Crippen LogP contribution in [0.5, 0.6) is 5.75 Å². The van der Waals surface area contributed by atoms with E-state index >= 15 is 0 Å². The van der Waals surface area contributed by atoms with Gasteiger partial charge in [0.1, 0.15) is 18.0 Å². The number of ether oxygens (including phenoxy) is 3. The number of alkyl halides is 2. The molecule has 3 aliphatic heterocycles. The number of amides is 2. The maximum Gasteiger partial charge on any atom is 0.265 e. The summed E-state index contributed by atoms with van der Waals surface area (Å²) >= 11 is 6.42. The fourth-order valence-corrected chi connectivity index (χ4v) is 9.44. The summed E-state index contributed by atoms with van der Waals surface area (Å²) in [7, 11) is -4.28. The van der Waals surface area contributed by atoms with Crippen LogP contribution in [-0.2, 0) is 40.9 Å². The summed E-state index contributed by atoms with van der Waals surface area (Å²) in [5.41, 5.74) is 1.05. The Morgan fingerprint density at radius 2 is 1.88 bits per heavy atom. The Bertz CT molecular complexity index is 1820. The van der Waals surface area contributed by atoms with E-state index in [1.54, 1.807) is 24.3 Å². The van der Waals surface area contributed by atoms with Crippen LogP contribution in [0.2, 0.25) is 5.02 Å². The van der Waals surface area contributed by atoms with Gasteiger partial charge in [-0.3, -0.25) is 9.59 Å². The lowest BCUT2D eigenvalue weighted by Gasteiger charge is -2.46. The number of nitrogens with one attached hydrogen (secondary N) is 1. The van der Waals surface area contributed by atoms with Gasteiger partial charge in [-0.05, 0) is 99.2 Å². The number of benzene rings is 2. The lowest BCUT2D eigenvalue weighted by molar-refractivity contribution is -0.140. The minimum absolute atomic E-state index is 0.0207. The molecule has 5 aliphatic rings. The van der Waals surface area contributed by atoms with Crippen molar-refractivity contribution in [2.45, 2.75) is 80.3 Å². The molecule has 2 amide bonds. The van der Waals surface area contributed by atoms with Crippen LogP contribution < -0.4 is 14.4 Å². The predicted octanol–water partition coefficient (Wildman–Crippen LogP) is 4.91. The van der Waals surface area contributed by atoms with E-state index in [0.29, 0.717) is 36.2 Å². The zero-order valence-electron chi connectivity index (χ0n) is 28.8. The molecule has 51 heavy (non-hydrogen) atoms. The summed E-state index contributed by atoms with van der Waals surface area (Å²) in [5.74, 6) is -0.697. The van der Waals surface area contributed by atoms with E-state index in [0.717, 1.165) is 37.0 Å². The Kier molecular flexibility index (Phi) is 9.87. The molecule has 2 fully saturated rings. The molecule has 14 heteroatoms. The number of anilines is 1. The standard InChI is InChI=1S/C37H44ClF2N3O7S/c1-36(2)35(45)41-51(46,47)26-9-12-33-31(16-26)43(21-37(22-49-33)13-3-5-23-15-25(38)8-11-28(23)37)17-24-7-10-27(24)32(6-4-14-50-36)48-20-34(44)42-18-29(39)30(40)19-42/h4,6,8-9,11-12,15-16,24,27,29-30,32H,3,5,7,10,13-14,17-22H2,1-2H3,(H,41,45)/t24-,27+,29+,30+,32-,37-/m0/s1. The number of carbonyl (C=O) groups excluding carboxylic acids is 2. The average molecular weight is 748 g/mol. The molecular formula is C37H44ClF2N3O7S. The number of fused-ring (bicyclic) bond motifs is 4. The van der Waals surface area contributed by atoms with Crippen molar-refractivity contribution in [2.75, 3.05) is 50.9 Å². The molecule has 276 valence electrons. The molecule has 2 aromatic rings. The van der Waals surface area contributed by atoms with Crippen molar-refractivity contribution in [3.63, 3.8) is 0 Å². The molecule has 2 aromatic carbocycles. The number of hydrogen-bond donors (Lipinski definition) is 1. The Morgan fingerprint density at radius 3 is 2.63 bits per heavy atom. The molecule has 0 aromatic heterocycles. The Labute approximate surface area is 302 Å². The molecule has 0 radical (unpaired) electrons. The summed E-state index contributed by atoms with van der Waals surface area (Å²) < 4.78 is 75.8. The van der Waals surface area contributed by atoms with Crippen molar-refractivity contribution >= 4 is 39.1 Å². The number of hydrogen-bond acceptors (Lipinski definition) is 8. The van der Waals surface area contributed by atoms with Crippen LogP contribution >= 0.6 is 11.6 Å². The van der Waals surface area contributed by atoms with Crippen LogP contribution in [0.3, 0.4) is 0 Å². The molecular weight excluding hydrogens is 704 g/mol. The van der Waals surface area contributed by atoms with Gasteiger partial charge >= 0.3 is 0 Å². The smallest absolute Gasteiger partial charge is 0.265 e. The van der Waals surface area contributed by atoms with Crippen LogP contribution in [-0.4, -0.2) is 95.2 Å². The SMILES string of the molecule is CC1(C)OCC=C[C@H](OCC(=O)N2C[C@@H](F)[C@H](F)C2)[C@@H]2CC[C@H]2CN2C[C@@]3(CCCc4cc(Cl)ccc43)COc3ccc(cc32)S(=O)(=O)NC1=O. The van der Waals surface area contributed by atoms with E-state index in [9.17, 15) is 26.8 Å². The molecule has 1 spiro atoms. The predicted molar refractivity (Wildman–Crippen MR) is 187 cm³/mol. The highest BCUT2D eigenvalue weighted by Gasteiger charge is 2.45. The van der Waals surface area contributed by atoms with Crippen molar-refractivity contribution in [1.82, 2.24) is 9.62 Å². The quantitative estimate of drug-likeness (QED) is 0.441. The zero-order chi connectivity index (χ0) is 36.1. The first kappa shape index (κ1) is 36.1. The highest BCUT2D eigenvalue weighted by molar-refractivity contribution is 7.90. The van der Waals surface area contributed by atoms with E-state index < -0.39 is 51.3 Å². The number of carbonyl (C=O) groups is 2. The lowest BCUT2D eigenvalue weighted by Crippen LogP contribution is -2.50. The van der Waals surface area contributed by atoms with Gasteiger partial charge in [0.2, 0.25) is 5.91 Å². The summed E-state index contributed by atoms with van der Waals surface area (Å²) in [6.07, 6.45) is 3.94. The van der Waals surface area contributed by atoms with Gasteiger partial charge in [0, 0.05) is 23.5 Å². The van der Waals surface area contributed by atoms with E-state index in [1.165, 1.54) is 31.0 Å². The zero-order valence-corrected chi connectivity index (χ0v) is 30.4. The van der Waals surface area contributed by atoms with E-state index in [4.69, 9.17) is 25.8 Å². The van der Waals surface area contributed by atoms with Crippen molar-refractivity contribution in [1.29, 1.82) is 0 Å². The van der Waals surface area contributed by atoms with E-state index in [1.807, 2.05) is 12.1 Å². The highest BCUT2D eigenvalue weighted by atomic mass is 35.5. The molecule has 10 nitrogen and oxygen atoms in total. The minimum atomic E-state index is -4.28. The molecule has 2 bridgehead atoms. The molecule has 1 saturated carbocycles. The number of rotatable bonds is 3. The van der Waals surface area contributed by atoms with Crippen LogP contribution in [0, 0.1) is 11.8 Å². The Balaban J connectivity index is 1.24. The van der Waals surface area contributed by atoms with Crippen molar-refractivity contribution in [2.24, 2.45) is 11.8 Å². The maximum absolute atomic E-state index is 13.9. The first-order valence-corrected chi connectivity index (χ1v) is 19.5. The number of likely N-dealkylation sites (tertiary alicyclic amines) is 1. The number of sulfonamides is 1. The molecule has 1 saturated heterocycles. The first-order chi connectivity index (χ1) is 24.2. The number of halogens is 3. The van der Waals surface area contributed by atoms with E-state index in [2.05, 4.69) is 15.7 Å².